The molecule has 2 amide bonds. The minimum absolute atomic E-state index is 0.0988. The van der Waals surface area contributed by atoms with Crippen LogP contribution >= 0.6 is 0 Å². The van der Waals surface area contributed by atoms with Crippen molar-refractivity contribution in [3.05, 3.63) is 88.8 Å². The van der Waals surface area contributed by atoms with Crippen LogP contribution in [0.3, 0.4) is 0 Å². The molecule has 220 valence electrons. The van der Waals surface area contributed by atoms with Gasteiger partial charge >= 0.3 is 17.7 Å². The van der Waals surface area contributed by atoms with Gasteiger partial charge in [0.05, 0.1) is 38.5 Å². The first kappa shape index (κ1) is 28.7. The van der Waals surface area contributed by atoms with E-state index in [1.165, 1.54) is 13.2 Å². The van der Waals surface area contributed by atoms with Crippen LogP contribution in [0.1, 0.15) is 5.56 Å². The highest BCUT2D eigenvalue weighted by Crippen LogP contribution is 2.29. The highest BCUT2D eigenvalue weighted by atomic mass is 16.5. The maximum Gasteiger partial charge on any atom is 0.339 e. The van der Waals surface area contributed by atoms with Gasteiger partial charge in [-0.2, -0.15) is 15.0 Å². The lowest BCUT2D eigenvalue weighted by Gasteiger charge is -2.13. The van der Waals surface area contributed by atoms with E-state index in [-0.39, 0.29) is 23.7 Å². The zero-order chi connectivity index (χ0) is 30.2. The van der Waals surface area contributed by atoms with Crippen molar-refractivity contribution in [1.82, 2.24) is 15.0 Å². The van der Waals surface area contributed by atoms with Crippen molar-refractivity contribution in [1.29, 1.82) is 0 Å². The molecule has 2 aromatic heterocycles. The van der Waals surface area contributed by atoms with E-state index in [2.05, 4.69) is 30.9 Å². The first-order valence-electron chi connectivity index (χ1n) is 13.1. The van der Waals surface area contributed by atoms with Crippen molar-refractivity contribution in [3.63, 3.8) is 0 Å². The number of nitrogens with zero attached hydrogens (tertiary/aromatic N) is 3. The number of anilines is 3. The van der Waals surface area contributed by atoms with Gasteiger partial charge in [-0.25, -0.2) is 9.59 Å². The lowest BCUT2D eigenvalue weighted by atomic mass is 10.1. The molecule has 3 N–H and O–H groups in total. The summed E-state index contributed by atoms with van der Waals surface area (Å²) in [5, 5.41) is 8.96. The molecule has 0 bridgehead atoms. The maximum atomic E-state index is 12.8. The van der Waals surface area contributed by atoms with Gasteiger partial charge in [0, 0.05) is 6.54 Å². The monoisotopic (exact) mass is 584 g/mol. The Morgan fingerprint density at radius 2 is 1.51 bits per heavy atom. The Bertz CT molecular complexity index is 1810. The molecule has 0 fully saturated rings. The minimum atomic E-state index is -0.622. The molecule has 5 rings (SSSR count). The summed E-state index contributed by atoms with van der Waals surface area (Å²) in [5.41, 5.74) is 1.16. The van der Waals surface area contributed by atoms with Gasteiger partial charge in [-0.3, -0.25) is 5.32 Å². The van der Waals surface area contributed by atoms with E-state index >= 15 is 0 Å². The molecule has 3 aromatic carbocycles. The van der Waals surface area contributed by atoms with Crippen LogP contribution in [0, 0.1) is 0 Å². The Morgan fingerprint density at radius 1 is 0.767 bits per heavy atom. The average Bonchev–Trinajstić information content (AvgIpc) is 3.01. The third-order valence-electron chi connectivity index (χ3n) is 6.15. The normalized spacial score (nSPS) is 10.6. The minimum Gasteiger partial charge on any atom is -0.495 e. The van der Waals surface area contributed by atoms with Crippen molar-refractivity contribution >= 4 is 34.6 Å². The van der Waals surface area contributed by atoms with Crippen molar-refractivity contribution in [2.75, 3.05) is 43.8 Å². The van der Waals surface area contributed by atoms with Gasteiger partial charge in [-0.1, -0.05) is 30.3 Å². The predicted octanol–water partition coefficient (Wildman–Crippen LogP) is 5.09. The van der Waals surface area contributed by atoms with Crippen LogP contribution in [0.25, 0.3) is 11.0 Å². The molecule has 0 atom stereocenters. The summed E-state index contributed by atoms with van der Waals surface area (Å²) in [4.78, 5) is 37.9. The van der Waals surface area contributed by atoms with Crippen LogP contribution < -0.4 is 40.5 Å². The number of amides is 2. The van der Waals surface area contributed by atoms with Crippen LogP contribution in [-0.4, -0.2) is 48.9 Å². The van der Waals surface area contributed by atoms with Crippen molar-refractivity contribution in [3.8, 4) is 29.0 Å². The average molecular weight is 585 g/mol. The van der Waals surface area contributed by atoms with Crippen LogP contribution in [0.4, 0.5) is 22.4 Å². The molecule has 0 unspecified atom stereocenters. The molecule has 0 saturated carbocycles. The fourth-order valence-corrected chi connectivity index (χ4v) is 4.16. The predicted molar refractivity (Wildman–Crippen MR) is 160 cm³/mol. The fraction of sp³-hybridized carbons (Fsp3) is 0.167. The van der Waals surface area contributed by atoms with Gasteiger partial charge in [-0.15, -0.1) is 0 Å². The van der Waals surface area contributed by atoms with Crippen molar-refractivity contribution in [2.45, 2.75) is 6.42 Å². The Labute approximate surface area is 245 Å². The highest BCUT2D eigenvalue weighted by Gasteiger charge is 2.15. The van der Waals surface area contributed by atoms with E-state index in [0.717, 1.165) is 5.56 Å². The van der Waals surface area contributed by atoms with Gasteiger partial charge in [-0.05, 0) is 48.4 Å². The van der Waals surface area contributed by atoms with Gasteiger partial charge in [0.15, 0.2) is 11.5 Å². The number of para-hydroxylation sites is 3. The van der Waals surface area contributed by atoms with Gasteiger partial charge in [0.2, 0.25) is 11.9 Å². The summed E-state index contributed by atoms with van der Waals surface area (Å²) < 4.78 is 27.2. The lowest BCUT2D eigenvalue weighted by molar-refractivity contribution is 0.262. The molecule has 0 aliphatic carbocycles. The molecule has 13 heteroatoms. The van der Waals surface area contributed by atoms with Crippen molar-refractivity contribution in [2.24, 2.45) is 0 Å². The Kier molecular flexibility index (Phi) is 8.81. The lowest BCUT2D eigenvalue weighted by Crippen LogP contribution is -2.22. The quantitative estimate of drug-likeness (QED) is 0.177. The second-order valence-electron chi connectivity index (χ2n) is 8.94. The Hall–Kier alpha value is -5.85. The van der Waals surface area contributed by atoms with E-state index < -0.39 is 11.7 Å². The summed E-state index contributed by atoms with van der Waals surface area (Å²) in [6, 6.07) is 19.9. The number of methoxy groups -OCH3 is 3. The second-order valence-corrected chi connectivity index (χ2v) is 8.94. The van der Waals surface area contributed by atoms with E-state index in [1.807, 2.05) is 18.2 Å². The molecule has 0 saturated heterocycles. The number of nitrogens with one attached hydrogen (secondary N) is 3. The number of aromatic nitrogens is 3. The van der Waals surface area contributed by atoms with E-state index in [0.29, 0.717) is 46.9 Å². The topological polar surface area (TPSA) is 159 Å². The molecule has 0 aliphatic heterocycles. The summed E-state index contributed by atoms with van der Waals surface area (Å²) in [7, 11) is 4.65. The van der Waals surface area contributed by atoms with Gasteiger partial charge in [0.1, 0.15) is 17.1 Å². The van der Waals surface area contributed by atoms with E-state index in [9.17, 15) is 9.59 Å². The fourth-order valence-electron chi connectivity index (χ4n) is 4.16. The number of rotatable bonds is 11. The van der Waals surface area contributed by atoms with Gasteiger partial charge in [0.25, 0.3) is 0 Å². The number of carbonyl (C=O) groups excluding carboxylic acids is 1. The molecule has 0 radical (unpaired) electrons. The Morgan fingerprint density at radius 3 is 2.33 bits per heavy atom. The summed E-state index contributed by atoms with van der Waals surface area (Å²) >= 11 is 0. The van der Waals surface area contributed by atoms with Crippen LogP contribution in [0.15, 0.2) is 82.0 Å². The molecule has 43 heavy (non-hydrogen) atoms. The van der Waals surface area contributed by atoms with Crippen LogP contribution in [0.5, 0.6) is 29.0 Å². The highest BCUT2D eigenvalue weighted by molar-refractivity contribution is 5.99. The molecule has 2 heterocycles. The SMILES string of the molecule is COc1ccccc1NC(=O)Nc1nc(NCCc2ccc(OC)c(OC)c2)nc(Oc2cc(=O)oc3ccccc23)n1. The summed E-state index contributed by atoms with van der Waals surface area (Å²) in [6.07, 6.45) is 0.587. The number of hydrogen-bond acceptors (Lipinski definition) is 11. The first-order chi connectivity index (χ1) is 20.9. The van der Waals surface area contributed by atoms with E-state index in [4.69, 9.17) is 23.4 Å². The maximum absolute atomic E-state index is 12.8. The van der Waals surface area contributed by atoms with Gasteiger partial charge < -0.3 is 34.0 Å². The number of urea groups is 1. The molecule has 0 aliphatic rings. The zero-order valence-electron chi connectivity index (χ0n) is 23.5. The van der Waals surface area contributed by atoms with E-state index in [1.54, 1.807) is 62.8 Å². The Balaban J connectivity index is 1.39. The molecule has 13 nitrogen and oxygen atoms in total. The smallest absolute Gasteiger partial charge is 0.339 e. The third-order valence-corrected chi connectivity index (χ3v) is 6.15. The molecule has 0 spiro atoms. The molecular weight excluding hydrogens is 556 g/mol. The number of ether oxygens (including phenoxy) is 4. The number of carbonyl (C=O) groups is 1. The first-order valence-corrected chi connectivity index (χ1v) is 13.1. The van der Waals surface area contributed by atoms with Crippen LogP contribution in [-0.2, 0) is 6.42 Å². The standard InChI is InChI=1S/C30H28N6O7/c1-39-22-11-7-5-9-20(22)32-29(38)34-28-33-27(31-15-14-18-12-13-23(40-2)25(16-18)41-3)35-30(36-28)43-24-17-26(37)42-21-10-6-4-8-19(21)24/h4-13,16-17H,14-15H2,1-3H3,(H3,31,32,33,34,35,36,38). The molecular formula is C30H28N6O7. The van der Waals surface area contributed by atoms with Crippen molar-refractivity contribution < 1.29 is 28.2 Å². The number of fused-ring (bicyclic) bond motifs is 1. The molecule has 5 aromatic rings. The number of benzene rings is 3. The summed E-state index contributed by atoms with van der Waals surface area (Å²) in [6.45, 7) is 0.420. The zero-order valence-corrected chi connectivity index (χ0v) is 23.5. The largest absolute Gasteiger partial charge is 0.495 e. The number of hydrogen-bond donors (Lipinski definition) is 3. The van der Waals surface area contributed by atoms with Crippen LogP contribution in [0.2, 0.25) is 0 Å². The second kappa shape index (κ2) is 13.2. The summed E-state index contributed by atoms with van der Waals surface area (Å²) in [5.74, 6) is 1.93. The third kappa shape index (κ3) is 7.08.